The minimum absolute atomic E-state index is 0.109. The van der Waals surface area contributed by atoms with E-state index in [1.807, 2.05) is 42.3 Å². The lowest BCUT2D eigenvalue weighted by molar-refractivity contribution is -0.894. The lowest BCUT2D eigenvalue weighted by Gasteiger charge is -2.33. The number of aliphatic hydroxyl groups is 3. The van der Waals surface area contributed by atoms with Gasteiger partial charge in [0.05, 0.1) is 62.1 Å². The summed E-state index contributed by atoms with van der Waals surface area (Å²) >= 11 is 0. The molecule has 14 heteroatoms. The Hall–Kier alpha value is -0.250. The van der Waals surface area contributed by atoms with Crippen LogP contribution >= 0.6 is 7.82 Å². The Bertz CT molecular complexity index is 1220. The molecule has 0 aliphatic carbocycles. The average Bonchev–Trinajstić information content (AvgIpc) is 3.48. The van der Waals surface area contributed by atoms with Crippen molar-refractivity contribution >= 4 is 7.82 Å². The third-order valence-electron chi connectivity index (χ3n) is 16.8. The van der Waals surface area contributed by atoms with Gasteiger partial charge in [-0.15, -0.1) is 0 Å². The topological polar surface area (TPSA) is 133 Å². The largest absolute Gasteiger partial charge is 0.475 e. The highest BCUT2D eigenvalue weighted by atomic mass is 31.2. The Morgan fingerprint density at radius 2 is 0.446 bits per heavy atom. The van der Waals surface area contributed by atoms with Gasteiger partial charge in [0.2, 0.25) is 0 Å². The summed E-state index contributed by atoms with van der Waals surface area (Å²) in [4.78, 5) is 0. The second-order valence-electron chi connectivity index (χ2n) is 27.4. The molecule has 0 saturated carbocycles. The molecule has 0 radical (unpaired) electrons. The van der Waals surface area contributed by atoms with Gasteiger partial charge >= 0.3 is 7.82 Å². The van der Waals surface area contributed by atoms with E-state index in [1.54, 1.807) is 0 Å². The van der Waals surface area contributed by atoms with Gasteiger partial charge in [0, 0.05) is 19.8 Å². The lowest BCUT2D eigenvalue weighted by Crippen LogP contribution is -2.49. The number of rotatable bonds is 69. The molecule has 3 atom stereocenters. The molecular formula is C69H147N3O10P+3. The highest BCUT2D eigenvalue weighted by Crippen LogP contribution is 2.49. The molecular weight excluding hydrogens is 1060 g/mol. The predicted octanol–water partition coefficient (Wildman–Crippen LogP) is 16.9. The van der Waals surface area contributed by atoms with Crippen molar-refractivity contribution in [3.63, 3.8) is 0 Å². The molecule has 0 bridgehead atoms. The standard InChI is InChI=1S/C69H147N3O10P/c1-10-13-16-19-22-25-28-31-34-37-40-43-46-49-55-77-64-67(73)61-70(4,5)52-58-80-83(76,81-59-53-71(6,7)62-68(74)65-78-56-50-47-44-41-38-35-32-29-26-23-20-17-14-11-2)82-60-54-72(8,9)63-69(75)66-79-57-51-48-45-42-39-36-33-30-27-24-21-18-15-12-3/h67-69,73-75H,10-66H2,1-9H3/q+3. The molecule has 0 saturated heterocycles. The molecule has 0 aliphatic heterocycles. The van der Waals surface area contributed by atoms with E-state index < -0.39 is 26.1 Å². The fraction of sp³-hybridized carbons (Fsp3) is 1.00. The molecule has 0 aliphatic rings. The van der Waals surface area contributed by atoms with Gasteiger partial charge in [-0.2, -0.15) is 0 Å². The number of nitrogens with zero attached hydrogens (tertiary/aromatic N) is 3. The van der Waals surface area contributed by atoms with Crippen molar-refractivity contribution in [2.45, 2.75) is 309 Å². The summed E-state index contributed by atoms with van der Waals surface area (Å²) in [5.41, 5.74) is 0. The molecule has 3 N–H and O–H groups in total. The van der Waals surface area contributed by atoms with E-state index in [4.69, 9.17) is 27.8 Å². The lowest BCUT2D eigenvalue weighted by atomic mass is 10.0. The fourth-order valence-corrected chi connectivity index (χ4v) is 12.4. The number of hydrogen-bond acceptors (Lipinski definition) is 10. The summed E-state index contributed by atoms with van der Waals surface area (Å²) in [7, 11) is 8.13. The third-order valence-corrected chi connectivity index (χ3v) is 18.3. The van der Waals surface area contributed by atoms with Crippen molar-refractivity contribution in [3.8, 4) is 0 Å². The first-order chi connectivity index (χ1) is 40.0. The molecule has 500 valence electrons. The molecule has 0 spiro atoms. The molecule has 13 nitrogen and oxygen atoms in total. The van der Waals surface area contributed by atoms with E-state index in [0.717, 1.165) is 38.5 Å². The Balaban J connectivity index is 4.87. The van der Waals surface area contributed by atoms with Crippen LogP contribution in [0.1, 0.15) is 290 Å². The predicted molar refractivity (Wildman–Crippen MR) is 352 cm³/mol. The Kier molecular flexibility index (Phi) is 58.0. The molecule has 0 aromatic heterocycles. The zero-order valence-corrected chi connectivity index (χ0v) is 57.9. The zero-order valence-electron chi connectivity index (χ0n) is 57.0. The van der Waals surface area contributed by atoms with Crippen LogP contribution in [0.25, 0.3) is 0 Å². The van der Waals surface area contributed by atoms with Crippen molar-refractivity contribution < 1.29 is 61.1 Å². The first-order valence-electron chi connectivity index (χ1n) is 35.8. The minimum Gasteiger partial charge on any atom is -0.385 e. The van der Waals surface area contributed by atoms with Crippen molar-refractivity contribution in [2.24, 2.45) is 0 Å². The SMILES string of the molecule is CCCCCCCCCCCCCCCCOCC(O)C[N+](C)(C)CCOP(=O)(OCC[N+](C)(C)CC(O)COCCCCCCCCCCCCCCCC)OCC[N+](C)(C)CC(O)COCCCCCCCCCCCCCCCC. The Morgan fingerprint density at radius 1 is 0.277 bits per heavy atom. The van der Waals surface area contributed by atoms with E-state index >= 15 is 0 Å². The van der Waals surface area contributed by atoms with Crippen LogP contribution in [0, 0.1) is 0 Å². The number of phosphoric ester groups is 1. The van der Waals surface area contributed by atoms with Crippen LogP contribution in [0.4, 0.5) is 0 Å². The highest BCUT2D eigenvalue weighted by molar-refractivity contribution is 7.48. The summed E-state index contributed by atoms with van der Waals surface area (Å²) in [5.74, 6) is 0. The number of unbranched alkanes of at least 4 members (excludes halogenated alkanes) is 39. The van der Waals surface area contributed by atoms with E-state index in [0.29, 0.717) is 72.5 Å². The molecule has 0 heterocycles. The van der Waals surface area contributed by atoms with Crippen molar-refractivity contribution in [2.75, 3.05) is 141 Å². The number of likely N-dealkylation sites (N-methyl/N-ethyl adjacent to an activating group) is 3. The van der Waals surface area contributed by atoms with Gasteiger partial charge in [-0.25, -0.2) is 4.57 Å². The van der Waals surface area contributed by atoms with E-state index in [9.17, 15) is 19.9 Å². The Labute approximate surface area is 516 Å². The molecule has 83 heavy (non-hydrogen) atoms. The van der Waals surface area contributed by atoms with Gasteiger partial charge in [-0.3, -0.25) is 13.6 Å². The van der Waals surface area contributed by atoms with Gasteiger partial charge < -0.3 is 43.0 Å². The van der Waals surface area contributed by atoms with Gasteiger partial charge in [-0.1, -0.05) is 271 Å². The van der Waals surface area contributed by atoms with E-state index in [-0.39, 0.29) is 39.6 Å². The van der Waals surface area contributed by atoms with Gasteiger partial charge in [-0.05, 0) is 19.3 Å². The van der Waals surface area contributed by atoms with Crippen LogP contribution in [0.15, 0.2) is 0 Å². The van der Waals surface area contributed by atoms with Crippen molar-refractivity contribution in [1.29, 1.82) is 0 Å². The van der Waals surface area contributed by atoms with E-state index in [1.165, 1.54) is 231 Å². The number of aliphatic hydroxyl groups excluding tert-OH is 3. The first kappa shape index (κ1) is 82.8. The molecule has 0 rings (SSSR count). The van der Waals surface area contributed by atoms with Gasteiger partial charge in [0.15, 0.2) is 0 Å². The van der Waals surface area contributed by atoms with Crippen molar-refractivity contribution in [1.82, 2.24) is 0 Å². The van der Waals surface area contributed by atoms with E-state index in [2.05, 4.69) is 20.8 Å². The first-order valence-corrected chi connectivity index (χ1v) is 37.2. The van der Waals surface area contributed by atoms with Crippen LogP contribution in [-0.4, -0.2) is 188 Å². The molecule has 0 aromatic carbocycles. The van der Waals surface area contributed by atoms with Crippen LogP contribution in [0.3, 0.4) is 0 Å². The summed E-state index contributed by atoms with van der Waals surface area (Å²) < 4.78 is 51.5. The fourth-order valence-electron chi connectivity index (χ4n) is 11.3. The number of phosphoric acid groups is 1. The second-order valence-corrected chi connectivity index (χ2v) is 29.1. The van der Waals surface area contributed by atoms with Crippen LogP contribution in [0.5, 0.6) is 0 Å². The van der Waals surface area contributed by atoms with Gasteiger partial charge in [0.1, 0.15) is 77.4 Å². The van der Waals surface area contributed by atoms with Crippen LogP contribution < -0.4 is 0 Å². The normalized spacial score (nSPS) is 14.4. The summed E-state index contributed by atoms with van der Waals surface area (Å²) in [5, 5.41) is 32.8. The number of ether oxygens (including phenoxy) is 3. The minimum atomic E-state index is -4.01. The summed E-state index contributed by atoms with van der Waals surface area (Å²) in [6, 6.07) is 0. The smallest absolute Gasteiger partial charge is 0.385 e. The molecule has 0 aromatic rings. The Morgan fingerprint density at radius 3 is 0.627 bits per heavy atom. The molecule has 0 fully saturated rings. The maximum atomic E-state index is 14.4. The average molecular weight is 1210 g/mol. The number of quaternary nitrogens is 3. The zero-order chi connectivity index (χ0) is 61.3. The van der Waals surface area contributed by atoms with Crippen molar-refractivity contribution in [3.05, 3.63) is 0 Å². The highest BCUT2D eigenvalue weighted by Gasteiger charge is 2.32. The number of hydrogen-bond donors (Lipinski definition) is 3. The maximum absolute atomic E-state index is 14.4. The third kappa shape index (κ3) is 60.4. The quantitative estimate of drug-likeness (QED) is 0.0307. The monoisotopic (exact) mass is 1210 g/mol. The molecule has 0 amide bonds. The van der Waals surface area contributed by atoms with Gasteiger partial charge in [0.25, 0.3) is 0 Å². The van der Waals surface area contributed by atoms with Crippen LogP contribution in [0.2, 0.25) is 0 Å². The summed E-state index contributed by atoms with van der Waals surface area (Å²) in [6.07, 6.45) is 53.5. The molecule has 3 unspecified atom stereocenters. The maximum Gasteiger partial charge on any atom is 0.475 e. The second kappa shape index (κ2) is 58.1. The van der Waals surface area contributed by atoms with Crippen LogP contribution in [-0.2, 0) is 32.3 Å². The summed E-state index contributed by atoms with van der Waals surface area (Å²) in [6.45, 7) is 12.8.